The van der Waals surface area contributed by atoms with Gasteiger partial charge in [-0.15, -0.1) is 0 Å². The summed E-state index contributed by atoms with van der Waals surface area (Å²) >= 11 is 0. The summed E-state index contributed by atoms with van der Waals surface area (Å²) in [4.78, 5) is 20.7. The van der Waals surface area contributed by atoms with Gasteiger partial charge in [0.2, 0.25) is 0 Å². The lowest BCUT2D eigenvalue weighted by atomic mass is 10.3. The molecule has 140 valence electrons. The number of halogens is 4. The highest BCUT2D eigenvalue weighted by molar-refractivity contribution is 7.90. The number of benzene rings is 1. The Morgan fingerprint density at radius 3 is 2.44 bits per heavy atom. The first kappa shape index (κ1) is 20.6. The van der Waals surface area contributed by atoms with Crippen LogP contribution in [0.5, 0.6) is 5.75 Å². The van der Waals surface area contributed by atoms with Crippen LogP contribution in [-0.4, -0.2) is 51.1 Å². The van der Waals surface area contributed by atoms with E-state index in [9.17, 15) is 40.9 Å². The molecule has 0 saturated carbocycles. The maximum absolute atomic E-state index is 12.6. The number of rotatable bonds is 8. The molecular weight excluding hydrogens is 378 g/mol. The standard InChI is InChI=1S/C12H11F4NO7S/c1-25(21,22)7-2-3-9(8(4-7)17(19)20)23-5-10(18)24-6-12(15,16)11(13)14/h2-4,11H,5-6H2,1H3. The van der Waals surface area contributed by atoms with E-state index in [1.807, 2.05) is 0 Å². The van der Waals surface area contributed by atoms with Crippen LogP contribution in [0.4, 0.5) is 23.2 Å². The molecule has 0 spiro atoms. The van der Waals surface area contributed by atoms with Gasteiger partial charge in [-0.3, -0.25) is 10.1 Å². The van der Waals surface area contributed by atoms with Gasteiger partial charge in [0.15, 0.2) is 28.8 Å². The highest BCUT2D eigenvalue weighted by Crippen LogP contribution is 2.30. The number of ether oxygens (including phenoxy) is 2. The minimum absolute atomic E-state index is 0.384. The number of esters is 1. The number of nitro groups is 1. The summed E-state index contributed by atoms with van der Waals surface area (Å²) in [6.07, 6.45) is -3.22. The molecule has 0 heterocycles. The van der Waals surface area contributed by atoms with E-state index in [0.29, 0.717) is 6.07 Å². The van der Waals surface area contributed by atoms with Gasteiger partial charge in [0.1, 0.15) is 0 Å². The van der Waals surface area contributed by atoms with Crippen molar-refractivity contribution in [1.29, 1.82) is 0 Å². The van der Waals surface area contributed by atoms with Gasteiger partial charge < -0.3 is 9.47 Å². The zero-order valence-electron chi connectivity index (χ0n) is 12.4. The lowest BCUT2D eigenvalue weighted by molar-refractivity contribution is -0.386. The maximum Gasteiger partial charge on any atom is 0.344 e. The largest absolute Gasteiger partial charge is 0.475 e. The average molecular weight is 389 g/mol. The van der Waals surface area contributed by atoms with E-state index in [0.717, 1.165) is 18.4 Å². The Kier molecular flexibility index (Phi) is 6.29. The molecular formula is C12H11F4NO7S. The zero-order valence-corrected chi connectivity index (χ0v) is 13.3. The molecule has 1 aromatic carbocycles. The predicted molar refractivity (Wildman–Crippen MR) is 73.6 cm³/mol. The first-order valence-corrected chi connectivity index (χ1v) is 8.16. The van der Waals surface area contributed by atoms with Gasteiger partial charge in [-0.25, -0.2) is 22.0 Å². The van der Waals surface area contributed by atoms with Crippen LogP contribution < -0.4 is 4.74 Å². The highest BCUT2D eigenvalue weighted by atomic mass is 32.2. The van der Waals surface area contributed by atoms with Crippen LogP contribution in [0.1, 0.15) is 0 Å². The molecule has 25 heavy (non-hydrogen) atoms. The van der Waals surface area contributed by atoms with Crippen LogP contribution in [0.25, 0.3) is 0 Å². The minimum Gasteiger partial charge on any atom is -0.475 e. The van der Waals surface area contributed by atoms with E-state index >= 15 is 0 Å². The van der Waals surface area contributed by atoms with Crippen molar-refractivity contribution >= 4 is 21.5 Å². The van der Waals surface area contributed by atoms with Gasteiger partial charge in [0.25, 0.3) is 0 Å². The van der Waals surface area contributed by atoms with Crippen molar-refractivity contribution in [2.75, 3.05) is 19.5 Å². The number of carbonyl (C=O) groups is 1. The molecule has 0 aliphatic heterocycles. The smallest absolute Gasteiger partial charge is 0.344 e. The minimum atomic E-state index is -4.54. The molecule has 0 N–H and O–H groups in total. The summed E-state index contributed by atoms with van der Waals surface area (Å²) in [7, 11) is -3.75. The number of nitrogens with zero attached hydrogens (tertiary/aromatic N) is 1. The van der Waals surface area contributed by atoms with Crippen molar-refractivity contribution in [1.82, 2.24) is 0 Å². The summed E-state index contributed by atoms with van der Waals surface area (Å²) in [5.41, 5.74) is -0.798. The van der Waals surface area contributed by atoms with Crippen LogP contribution in [0.3, 0.4) is 0 Å². The number of hydrogen-bond acceptors (Lipinski definition) is 7. The number of nitro benzene ring substituents is 1. The van der Waals surface area contributed by atoms with Gasteiger partial charge in [0, 0.05) is 12.3 Å². The summed E-state index contributed by atoms with van der Waals surface area (Å²) < 4.78 is 80.3. The third-order valence-corrected chi connectivity index (χ3v) is 3.76. The molecule has 0 aliphatic rings. The molecule has 0 atom stereocenters. The second-order valence-corrected chi connectivity index (χ2v) is 6.69. The number of sulfone groups is 1. The van der Waals surface area contributed by atoms with Crippen molar-refractivity contribution < 1.29 is 45.2 Å². The third-order valence-electron chi connectivity index (χ3n) is 2.65. The van der Waals surface area contributed by atoms with E-state index in [2.05, 4.69) is 4.74 Å². The molecule has 0 unspecified atom stereocenters. The van der Waals surface area contributed by atoms with Crippen molar-refractivity contribution in [3.05, 3.63) is 28.3 Å². The van der Waals surface area contributed by atoms with Gasteiger partial charge in [-0.05, 0) is 12.1 Å². The van der Waals surface area contributed by atoms with Crippen molar-refractivity contribution in [3.8, 4) is 5.75 Å². The Hall–Kier alpha value is -2.44. The molecule has 1 aromatic rings. The van der Waals surface area contributed by atoms with E-state index < -0.39 is 57.7 Å². The molecule has 0 saturated heterocycles. The molecule has 0 radical (unpaired) electrons. The van der Waals surface area contributed by atoms with Crippen molar-refractivity contribution in [2.45, 2.75) is 17.2 Å². The van der Waals surface area contributed by atoms with Gasteiger partial charge >= 0.3 is 24.0 Å². The van der Waals surface area contributed by atoms with E-state index in [4.69, 9.17) is 4.74 Å². The Bertz CT molecular complexity index is 767. The Labute approximate surface area is 138 Å². The topological polar surface area (TPSA) is 113 Å². The first-order chi connectivity index (χ1) is 11.3. The quantitative estimate of drug-likeness (QED) is 0.288. The fourth-order valence-corrected chi connectivity index (χ4v) is 2.05. The lowest BCUT2D eigenvalue weighted by Gasteiger charge is -2.15. The zero-order chi connectivity index (χ0) is 19.4. The Morgan fingerprint density at radius 2 is 1.96 bits per heavy atom. The molecule has 0 bridgehead atoms. The fraction of sp³-hybridized carbons (Fsp3) is 0.417. The molecule has 8 nitrogen and oxygen atoms in total. The molecule has 1 rings (SSSR count). The van der Waals surface area contributed by atoms with Crippen molar-refractivity contribution in [3.63, 3.8) is 0 Å². The van der Waals surface area contributed by atoms with Crippen LogP contribution in [0.2, 0.25) is 0 Å². The first-order valence-electron chi connectivity index (χ1n) is 6.27. The maximum atomic E-state index is 12.6. The Morgan fingerprint density at radius 1 is 1.36 bits per heavy atom. The second-order valence-electron chi connectivity index (χ2n) is 4.67. The lowest BCUT2D eigenvalue weighted by Crippen LogP contribution is -2.34. The van der Waals surface area contributed by atoms with Gasteiger partial charge in [-0.1, -0.05) is 0 Å². The SMILES string of the molecule is CS(=O)(=O)c1ccc(OCC(=O)OCC(F)(F)C(F)F)c([N+](=O)[O-])c1. The van der Waals surface area contributed by atoms with Crippen molar-refractivity contribution in [2.24, 2.45) is 0 Å². The third kappa shape index (κ3) is 5.85. The Balaban J connectivity index is 2.80. The number of carbonyl (C=O) groups excluding carboxylic acids is 1. The number of alkyl halides is 4. The number of hydrogen-bond donors (Lipinski definition) is 0. The highest BCUT2D eigenvalue weighted by Gasteiger charge is 2.42. The van der Waals surface area contributed by atoms with Gasteiger partial charge in [0.05, 0.1) is 9.82 Å². The van der Waals surface area contributed by atoms with E-state index in [1.54, 1.807) is 0 Å². The monoisotopic (exact) mass is 389 g/mol. The van der Waals surface area contributed by atoms with Crippen LogP contribution in [-0.2, 0) is 19.4 Å². The predicted octanol–water partition coefficient (Wildman–Crippen LogP) is 1.82. The normalized spacial score (nSPS) is 12.1. The molecule has 0 amide bonds. The second kappa shape index (κ2) is 7.63. The van der Waals surface area contributed by atoms with Crippen LogP contribution in [0.15, 0.2) is 23.1 Å². The average Bonchev–Trinajstić information content (AvgIpc) is 2.49. The molecule has 0 aromatic heterocycles. The fourth-order valence-electron chi connectivity index (χ4n) is 1.41. The van der Waals surface area contributed by atoms with Gasteiger partial charge in [-0.2, -0.15) is 8.78 Å². The molecule has 0 fully saturated rings. The van der Waals surface area contributed by atoms with E-state index in [-0.39, 0.29) is 4.90 Å². The molecule has 13 heteroatoms. The summed E-state index contributed by atoms with van der Waals surface area (Å²) in [6, 6.07) is 2.53. The molecule has 0 aliphatic carbocycles. The summed E-state index contributed by atoms with van der Waals surface area (Å²) in [6.45, 7) is -2.97. The van der Waals surface area contributed by atoms with Crippen LogP contribution >= 0.6 is 0 Å². The summed E-state index contributed by atoms with van der Waals surface area (Å²) in [5, 5.41) is 10.9. The summed E-state index contributed by atoms with van der Waals surface area (Å²) in [5.74, 6) is -6.55. The van der Waals surface area contributed by atoms with E-state index in [1.165, 1.54) is 0 Å². The van der Waals surface area contributed by atoms with Crippen LogP contribution in [0, 0.1) is 10.1 Å².